The molecule has 0 aliphatic carbocycles. The van der Waals surface area contributed by atoms with Crippen LogP contribution < -0.4 is 5.32 Å². The normalized spacial score (nSPS) is 12.6. The van der Waals surface area contributed by atoms with Gasteiger partial charge in [-0.2, -0.15) is 0 Å². The van der Waals surface area contributed by atoms with Gasteiger partial charge in [0.2, 0.25) is 0 Å². The standard InChI is InChI=1S/C15H15BrF3NS/c1-2-6-20-12(8-13-10(16)5-7-21-13)9-3-4-11(17)15(19)14(9)18/h3-5,7,12,20H,2,6,8H2,1H3. The van der Waals surface area contributed by atoms with E-state index < -0.39 is 23.5 Å². The summed E-state index contributed by atoms with van der Waals surface area (Å²) >= 11 is 4.98. The van der Waals surface area contributed by atoms with Crippen LogP contribution in [0.3, 0.4) is 0 Å². The van der Waals surface area contributed by atoms with Gasteiger partial charge in [-0.1, -0.05) is 13.0 Å². The zero-order chi connectivity index (χ0) is 15.4. The molecular formula is C15H15BrF3NS. The van der Waals surface area contributed by atoms with Crippen molar-refractivity contribution in [1.82, 2.24) is 5.32 Å². The minimum Gasteiger partial charge on any atom is -0.310 e. The topological polar surface area (TPSA) is 12.0 Å². The van der Waals surface area contributed by atoms with Gasteiger partial charge in [0.25, 0.3) is 0 Å². The molecule has 0 bridgehead atoms. The summed E-state index contributed by atoms with van der Waals surface area (Å²) < 4.78 is 41.5. The Balaban J connectivity index is 2.32. The highest BCUT2D eigenvalue weighted by molar-refractivity contribution is 9.10. The fourth-order valence-electron chi connectivity index (χ4n) is 2.08. The van der Waals surface area contributed by atoms with E-state index in [2.05, 4.69) is 21.2 Å². The van der Waals surface area contributed by atoms with Gasteiger partial charge in [0.05, 0.1) is 0 Å². The Morgan fingerprint density at radius 1 is 1.19 bits per heavy atom. The fraction of sp³-hybridized carbons (Fsp3) is 0.333. The Kier molecular flexibility index (Phi) is 5.84. The number of hydrogen-bond donors (Lipinski definition) is 1. The second-order valence-corrected chi connectivity index (χ2v) is 6.52. The smallest absolute Gasteiger partial charge is 0.194 e. The predicted octanol–water partition coefficient (Wildman–Crippen LogP) is 5.21. The molecule has 0 spiro atoms. The number of benzene rings is 1. The summed E-state index contributed by atoms with van der Waals surface area (Å²) in [4.78, 5) is 1.03. The summed E-state index contributed by atoms with van der Waals surface area (Å²) in [6, 6.07) is 3.80. The van der Waals surface area contributed by atoms with Crippen molar-refractivity contribution >= 4 is 27.3 Å². The Hall–Kier alpha value is -0.850. The first kappa shape index (κ1) is 16.5. The van der Waals surface area contributed by atoms with Gasteiger partial charge in [-0.15, -0.1) is 11.3 Å². The average Bonchev–Trinajstić information content (AvgIpc) is 2.87. The van der Waals surface area contributed by atoms with Crippen molar-refractivity contribution in [2.45, 2.75) is 25.8 Å². The van der Waals surface area contributed by atoms with Gasteiger partial charge < -0.3 is 5.32 Å². The molecule has 1 heterocycles. The van der Waals surface area contributed by atoms with Crippen LogP contribution in [-0.4, -0.2) is 6.54 Å². The molecule has 2 aromatic rings. The molecule has 0 aliphatic rings. The maximum absolute atomic E-state index is 14.0. The van der Waals surface area contributed by atoms with Crippen molar-refractivity contribution in [3.8, 4) is 0 Å². The van der Waals surface area contributed by atoms with Crippen LogP contribution >= 0.6 is 27.3 Å². The van der Waals surface area contributed by atoms with Crippen molar-refractivity contribution in [3.63, 3.8) is 0 Å². The minimum atomic E-state index is -1.42. The number of nitrogens with one attached hydrogen (secondary N) is 1. The van der Waals surface area contributed by atoms with Crippen LogP contribution in [0.1, 0.15) is 29.8 Å². The van der Waals surface area contributed by atoms with E-state index in [1.165, 1.54) is 6.07 Å². The first-order valence-electron chi connectivity index (χ1n) is 6.63. The van der Waals surface area contributed by atoms with Crippen molar-refractivity contribution < 1.29 is 13.2 Å². The monoisotopic (exact) mass is 377 g/mol. The predicted molar refractivity (Wildman–Crippen MR) is 83.1 cm³/mol. The Morgan fingerprint density at radius 2 is 1.95 bits per heavy atom. The highest BCUT2D eigenvalue weighted by Gasteiger charge is 2.21. The molecule has 21 heavy (non-hydrogen) atoms. The molecule has 1 N–H and O–H groups in total. The molecular weight excluding hydrogens is 363 g/mol. The molecule has 0 fully saturated rings. The molecule has 1 nitrogen and oxygen atoms in total. The third-order valence-corrected chi connectivity index (χ3v) is 5.11. The highest BCUT2D eigenvalue weighted by atomic mass is 79.9. The Morgan fingerprint density at radius 3 is 2.57 bits per heavy atom. The van der Waals surface area contributed by atoms with Crippen molar-refractivity contribution in [3.05, 3.63) is 55.9 Å². The van der Waals surface area contributed by atoms with Crippen LogP contribution in [0, 0.1) is 17.5 Å². The van der Waals surface area contributed by atoms with Crippen molar-refractivity contribution in [2.24, 2.45) is 0 Å². The largest absolute Gasteiger partial charge is 0.310 e. The van der Waals surface area contributed by atoms with E-state index in [4.69, 9.17) is 0 Å². The molecule has 1 aromatic heterocycles. The molecule has 1 atom stereocenters. The molecule has 1 unspecified atom stereocenters. The zero-order valence-corrected chi connectivity index (χ0v) is 13.8. The molecule has 114 valence electrons. The molecule has 0 saturated carbocycles. The molecule has 6 heteroatoms. The van der Waals surface area contributed by atoms with Crippen LogP contribution in [-0.2, 0) is 6.42 Å². The van der Waals surface area contributed by atoms with E-state index in [1.807, 2.05) is 18.4 Å². The Labute approximate surface area is 134 Å². The van der Waals surface area contributed by atoms with Gasteiger partial charge >= 0.3 is 0 Å². The van der Waals surface area contributed by atoms with Gasteiger partial charge in [-0.3, -0.25) is 0 Å². The molecule has 1 aromatic carbocycles. The summed E-state index contributed by atoms with van der Waals surface area (Å²) in [5.41, 5.74) is 0.155. The van der Waals surface area contributed by atoms with E-state index >= 15 is 0 Å². The summed E-state index contributed by atoms with van der Waals surface area (Å²) in [6.45, 7) is 2.67. The maximum atomic E-state index is 14.0. The lowest BCUT2D eigenvalue weighted by molar-refractivity contribution is 0.423. The van der Waals surface area contributed by atoms with Crippen LogP contribution in [0.2, 0.25) is 0 Å². The molecule has 0 saturated heterocycles. The molecule has 0 aliphatic heterocycles. The zero-order valence-electron chi connectivity index (χ0n) is 11.4. The average molecular weight is 378 g/mol. The minimum absolute atomic E-state index is 0.155. The lowest BCUT2D eigenvalue weighted by Gasteiger charge is -2.19. The lowest BCUT2D eigenvalue weighted by atomic mass is 10.0. The quantitative estimate of drug-likeness (QED) is 0.681. The molecule has 0 amide bonds. The number of hydrogen-bond acceptors (Lipinski definition) is 2. The van der Waals surface area contributed by atoms with Gasteiger partial charge in [0.15, 0.2) is 17.5 Å². The van der Waals surface area contributed by atoms with Crippen LogP contribution in [0.4, 0.5) is 13.2 Å². The number of thiophene rings is 1. The van der Waals surface area contributed by atoms with Gasteiger partial charge in [0, 0.05) is 27.4 Å². The summed E-state index contributed by atoms with van der Waals surface area (Å²) in [6.07, 6.45) is 1.38. The van der Waals surface area contributed by atoms with Crippen LogP contribution in [0.15, 0.2) is 28.1 Å². The summed E-state index contributed by atoms with van der Waals surface area (Å²) in [5, 5.41) is 5.12. The fourth-order valence-corrected chi connectivity index (χ4v) is 3.64. The van der Waals surface area contributed by atoms with E-state index in [-0.39, 0.29) is 5.56 Å². The third kappa shape index (κ3) is 3.87. The van der Waals surface area contributed by atoms with Gasteiger partial charge in [-0.05, 0) is 46.4 Å². The van der Waals surface area contributed by atoms with E-state index in [0.717, 1.165) is 21.8 Å². The maximum Gasteiger partial charge on any atom is 0.194 e. The lowest BCUT2D eigenvalue weighted by Crippen LogP contribution is -2.25. The van der Waals surface area contributed by atoms with Gasteiger partial charge in [-0.25, -0.2) is 13.2 Å². The number of rotatable bonds is 6. The second-order valence-electron chi connectivity index (χ2n) is 4.67. The van der Waals surface area contributed by atoms with E-state index in [9.17, 15) is 13.2 Å². The second kappa shape index (κ2) is 7.42. The first-order valence-corrected chi connectivity index (χ1v) is 8.30. The Bertz CT molecular complexity index is 615. The summed E-state index contributed by atoms with van der Waals surface area (Å²) in [7, 11) is 0. The number of halogens is 4. The molecule has 2 rings (SSSR count). The first-order chi connectivity index (χ1) is 10.0. The van der Waals surface area contributed by atoms with Crippen molar-refractivity contribution in [2.75, 3.05) is 6.54 Å². The summed E-state index contributed by atoms with van der Waals surface area (Å²) in [5.74, 6) is -3.69. The van der Waals surface area contributed by atoms with Crippen LogP contribution in [0.25, 0.3) is 0 Å². The molecule has 0 radical (unpaired) electrons. The van der Waals surface area contributed by atoms with Crippen LogP contribution in [0.5, 0.6) is 0 Å². The third-order valence-electron chi connectivity index (χ3n) is 3.16. The van der Waals surface area contributed by atoms with E-state index in [1.54, 1.807) is 11.3 Å². The van der Waals surface area contributed by atoms with Crippen molar-refractivity contribution in [1.29, 1.82) is 0 Å². The van der Waals surface area contributed by atoms with E-state index in [0.29, 0.717) is 13.0 Å². The highest BCUT2D eigenvalue weighted by Crippen LogP contribution is 2.30. The SMILES string of the molecule is CCCNC(Cc1sccc1Br)c1ccc(F)c(F)c1F. The van der Waals surface area contributed by atoms with Gasteiger partial charge in [0.1, 0.15) is 0 Å².